The second-order valence-corrected chi connectivity index (χ2v) is 4.50. The van der Waals surface area contributed by atoms with Gasteiger partial charge in [0.2, 0.25) is 5.91 Å². The number of carbonyl (C=O) groups excluding carboxylic acids is 1. The van der Waals surface area contributed by atoms with E-state index in [0.717, 1.165) is 18.7 Å². The van der Waals surface area contributed by atoms with Crippen molar-refractivity contribution in [3.8, 4) is 0 Å². The maximum absolute atomic E-state index is 11.6. The van der Waals surface area contributed by atoms with Crippen molar-refractivity contribution >= 4 is 34.9 Å². The molecule has 0 bridgehead atoms. The lowest BCUT2D eigenvalue weighted by Crippen LogP contribution is -2.15. The van der Waals surface area contributed by atoms with E-state index in [2.05, 4.69) is 10.6 Å². The summed E-state index contributed by atoms with van der Waals surface area (Å²) < 4.78 is 0. The molecule has 0 heterocycles. The number of anilines is 2. The Morgan fingerprint density at radius 3 is 2.63 bits per heavy atom. The van der Waals surface area contributed by atoms with Crippen LogP contribution in [0.4, 0.5) is 11.4 Å². The summed E-state index contributed by atoms with van der Waals surface area (Å²) in [5.74, 6) is -1.34. The molecule has 1 aromatic rings. The molecule has 19 heavy (non-hydrogen) atoms. The van der Waals surface area contributed by atoms with E-state index in [-0.39, 0.29) is 18.7 Å². The molecule has 6 heteroatoms. The molecule has 0 unspecified atom stereocenters. The highest BCUT2D eigenvalue weighted by Gasteiger charge is 2.09. The van der Waals surface area contributed by atoms with Gasteiger partial charge in [-0.25, -0.2) is 0 Å². The quantitative estimate of drug-likeness (QED) is 0.719. The number of hydrogen-bond acceptors (Lipinski definition) is 3. The first kappa shape index (κ1) is 15.3. The lowest BCUT2D eigenvalue weighted by molar-refractivity contribution is -0.138. The predicted octanol–water partition coefficient (Wildman–Crippen LogP) is 2.97. The number of nitrogens with one attached hydrogen (secondary N) is 2. The zero-order chi connectivity index (χ0) is 14.3. The van der Waals surface area contributed by atoms with E-state index < -0.39 is 5.97 Å². The van der Waals surface area contributed by atoms with Crippen molar-refractivity contribution in [3.63, 3.8) is 0 Å². The molecule has 1 aromatic carbocycles. The maximum Gasteiger partial charge on any atom is 0.303 e. The Kier molecular flexibility index (Phi) is 6.15. The average molecular weight is 285 g/mol. The molecule has 0 atom stereocenters. The highest BCUT2D eigenvalue weighted by atomic mass is 35.5. The molecule has 0 saturated heterocycles. The van der Waals surface area contributed by atoms with Crippen LogP contribution in [0, 0.1) is 0 Å². The summed E-state index contributed by atoms with van der Waals surface area (Å²) in [6, 6.07) is 5.15. The third-order valence-electron chi connectivity index (χ3n) is 2.39. The number of halogens is 1. The van der Waals surface area contributed by atoms with E-state index in [0.29, 0.717) is 10.7 Å². The molecule has 0 saturated carbocycles. The van der Waals surface area contributed by atoms with Crippen LogP contribution < -0.4 is 10.6 Å². The Bertz CT molecular complexity index is 463. The van der Waals surface area contributed by atoms with Crippen LogP contribution in [0.15, 0.2) is 18.2 Å². The third-order valence-corrected chi connectivity index (χ3v) is 2.62. The van der Waals surface area contributed by atoms with E-state index in [9.17, 15) is 9.59 Å². The van der Waals surface area contributed by atoms with Crippen molar-refractivity contribution < 1.29 is 14.7 Å². The molecule has 0 fully saturated rings. The van der Waals surface area contributed by atoms with E-state index in [1.54, 1.807) is 18.2 Å². The minimum atomic E-state index is -0.995. The van der Waals surface area contributed by atoms with Gasteiger partial charge in [-0.2, -0.15) is 0 Å². The van der Waals surface area contributed by atoms with E-state index in [1.807, 2.05) is 6.92 Å². The minimum absolute atomic E-state index is 0.0605. The van der Waals surface area contributed by atoms with Gasteiger partial charge in [-0.1, -0.05) is 18.5 Å². The fraction of sp³-hybridized carbons (Fsp3) is 0.385. The molecule has 0 radical (unpaired) electrons. The van der Waals surface area contributed by atoms with Gasteiger partial charge in [0.15, 0.2) is 0 Å². The normalized spacial score (nSPS) is 10.0. The number of benzene rings is 1. The van der Waals surface area contributed by atoms with Crippen LogP contribution in [-0.2, 0) is 9.59 Å². The van der Waals surface area contributed by atoms with Crippen LogP contribution in [0.2, 0.25) is 5.02 Å². The van der Waals surface area contributed by atoms with Gasteiger partial charge in [0.25, 0.3) is 0 Å². The summed E-state index contributed by atoms with van der Waals surface area (Å²) in [4.78, 5) is 22.0. The fourth-order valence-electron chi connectivity index (χ4n) is 1.47. The van der Waals surface area contributed by atoms with E-state index in [4.69, 9.17) is 16.7 Å². The molecule has 1 amide bonds. The second kappa shape index (κ2) is 7.63. The second-order valence-electron chi connectivity index (χ2n) is 4.06. The predicted molar refractivity (Wildman–Crippen MR) is 75.7 cm³/mol. The summed E-state index contributed by atoms with van der Waals surface area (Å²) in [5, 5.41) is 14.9. The van der Waals surface area contributed by atoms with Gasteiger partial charge in [-0.05, 0) is 24.6 Å². The zero-order valence-corrected chi connectivity index (χ0v) is 11.5. The Labute approximate surface area is 117 Å². The van der Waals surface area contributed by atoms with Crippen molar-refractivity contribution in [1.82, 2.24) is 0 Å². The van der Waals surface area contributed by atoms with Crippen molar-refractivity contribution in [2.45, 2.75) is 26.2 Å². The minimum Gasteiger partial charge on any atom is -0.481 e. The molecular formula is C13H17ClN2O3. The molecule has 5 nitrogen and oxygen atoms in total. The van der Waals surface area contributed by atoms with Gasteiger partial charge >= 0.3 is 5.97 Å². The summed E-state index contributed by atoms with van der Waals surface area (Å²) in [5.41, 5.74) is 1.34. The van der Waals surface area contributed by atoms with Gasteiger partial charge in [-0.3, -0.25) is 9.59 Å². The first-order valence-electron chi connectivity index (χ1n) is 6.08. The summed E-state index contributed by atoms with van der Waals surface area (Å²) in [6.45, 7) is 2.81. The highest BCUT2D eigenvalue weighted by Crippen LogP contribution is 2.26. The number of carboxylic acid groups (broad SMARTS) is 1. The number of hydrogen-bond donors (Lipinski definition) is 3. The lowest BCUT2D eigenvalue weighted by Gasteiger charge is -2.13. The van der Waals surface area contributed by atoms with Gasteiger partial charge in [0.1, 0.15) is 0 Å². The Morgan fingerprint density at radius 1 is 1.26 bits per heavy atom. The summed E-state index contributed by atoms with van der Waals surface area (Å²) in [7, 11) is 0. The van der Waals surface area contributed by atoms with Gasteiger partial charge in [0.05, 0.1) is 17.8 Å². The van der Waals surface area contributed by atoms with Crippen LogP contribution in [-0.4, -0.2) is 23.5 Å². The highest BCUT2D eigenvalue weighted by molar-refractivity contribution is 6.31. The SMILES string of the molecule is CCCNc1ccc(Cl)cc1NC(=O)CCC(=O)O. The van der Waals surface area contributed by atoms with Gasteiger partial charge < -0.3 is 15.7 Å². The molecule has 0 aliphatic rings. The largest absolute Gasteiger partial charge is 0.481 e. The number of carbonyl (C=O) groups is 2. The van der Waals surface area contributed by atoms with Gasteiger partial charge in [0, 0.05) is 18.0 Å². The van der Waals surface area contributed by atoms with Crippen LogP contribution in [0.3, 0.4) is 0 Å². The molecule has 0 spiro atoms. The monoisotopic (exact) mass is 284 g/mol. The van der Waals surface area contributed by atoms with Crippen molar-refractivity contribution in [2.75, 3.05) is 17.2 Å². The maximum atomic E-state index is 11.6. The molecule has 1 rings (SSSR count). The summed E-state index contributed by atoms with van der Waals surface area (Å²) >= 11 is 5.89. The van der Waals surface area contributed by atoms with Crippen LogP contribution in [0.5, 0.6) is 0 Å². The molecule has 104 valence electrons. The topological polar surface area (TPSA) is 78.4 Å². The molecule has 0 aromatic heterocycles. The van der Waals surface area contributed by atoms with Crippen LogP contribution in [0.25, 0.3) is 0 Å². The van der Waals surface area contributed by atoms with E-state index in [1.165, 1.54) is 0 Å². The number of rotatable bonds is 7. The first-order valence-corrected chi connectivity index (χ1v) is 6.45. The van der Waals surface area contributed by atoms with Crippen molar-refractivity contribution in [1.29, 1.82) is 0 Å². The third kappa shape index (κ3) is 5.61. The summed E-state index contributed by atoms with van der Waals surface area (Å²) in [6.07, 6.45) is 0.703. The van der Waals surface area contributed by atoms with E-state index >= 15 is 0 Å². The zero-order valence-electron chi connectivity index (χ0n) is 10.7. The Morgan fingerprint density at radius 2 is 2.00 bits per heavy atom. The molecule has 0 aliphatic carbocycles. The fourth-order valence-corrected chi connectivity index (χ4v) is 1.64. The van der Waals surface area contributed by atoms with Crippen LogP contribution >= 0.6 is 11.6 Å². The Hall–Kier alpha value is -1.75. The molecule has 0 aliphatic heterocycles. The first-order chi connectivity index (χ1) is 9.02. The van der Waals surface area contributed by atoms with Gasteiger partial charge in [-0.15, -0.1) is 0 Å². The molecular weight excluding hydrogens is 268 g/mol. The van der Waals surface area contributed by atoms with Crippen molar-refractivity contribution in [2.24, 2.45) is 0 Å². The number of aliphatic carboxylic acids is 1. The Balaban J connectivity index is 2.71. The van der Waals surface area contributed by atoms with Crippen molar-refractivity contribution in [3.05, 3.63) is 23.2 Å². The smallest absolute Gasteiger partial charge is 0.303 e. The number of carboxylic acids is 1. The number of amides is 1. The van der Waals surface area contributed by atoms with Crippen LogP contribution in [0.1, 0.15) is 26.2 Å². The lowest BCUT2D eigenvalue weighted by atomic mass is 10.2. The molecule has 3 N–H and O–H groups in total. The standard InChI is InChI=1S/C13H17ClN2O3/c1-2-7-15-10-4-3-9(14)8-11(10)16-12(17)5-6-13(18)19/h3-4,8,15H,2,5-7H2,1H3,(H,16,17)(H,18,19). The average Bonchev–Trinajstić information content (AvgIpc) is 2.35.